The first-order chi connectivity index (χ1) is 10.7. The van der Waals surface area contributed by atoms with E-state index in [1.165, 1.54) is 6.07 Å². The van der Waals surface area contributed by atoms with Gasteiger partial charge in [-0.15, -0.1) is 0 Å². The van der Waals surface area contributed by atoms with Gasteiger partial charge in [0.1, 0.15) is 23.7 Å². The number of phenolic OH excluding ortho intramolecular Hbond substituents is 1. The maximum Gasteiger partial charge on any atom is 0.338 e. The molecule has 0 aliphatic carbocycles. The molecule has 0 radical (unpaired) electrons. The van der Waals surface area contributed by atoms with E-state index in [0.717, 1.165) is 5.56 Å². The summed E-state index contributed by atoms with van der Waals surface area (Å²) >= 11 is 5.82. The second-order valence-corrected chi connectivity index (χ2v) is 6.51. The Morgan fingerprint density at radius 1 is 1.13 bits per heavy atom. The van der Waals surface area contributed by atoms with Gasteiger partial charge in [-0.2, -0.15) is 0 Å². The van der Waals surface area contributed by atoms with Crippen LogP contribution in [0.25, 0.3) is 0 Å². The van der Waals surface area contributed by atoms with Crippen molar-refractivity contribution in [2.75, 3.05) is 0 Å². The molecule has 0 aliphatic heterocycles. The molecule has 23 heavy (non-hydrogen) atoms. The molecule has 0 heterocycles. The van der Waals surface area contributed by atoms with Gasteiger partial charge in [0, 0.05) is 6.07 Å². The average Bonchev–Trinajstić information content (AvgIpc) is 2.47. The van der Waals surface area contributed by atoms with Crippen molar-refractivity contribution in [2.24, 2.45) is 0 Å². The van der Waals surface area contributed by atoms with Crippen LogP contribution in [0.5, 0.6) is 11.5 Å². The van der Waals surface area contributed by atoms with Crippen molar-refractivity contribution in [1.29, 1.82) is 0 Å². The number of esters is 1. The lowest BCUT2D eigenvalue weighted by Gasteiger charge is -2.19. The minimum Gasteiger partial charge on any atom is -0.506 e. The predicted molar refractivity (Wildman–Crippen MR) is 89.1 cm³/mol. The summed E-state index contributed by atoms with van der Waals surface area (Å²) in [5.41, 5.74) is 0.884. The highest BCUT2D eigenvalue weighted by Gasteiger charge is 2.17. The number of carbonyl (C=O) groups excluding carboxylic acids is 1. The van der Waals surface area contributed by atoms with Crippen LogP contribution in [0.2, 0.25) is 5.02 Å². The SMILES string of the molecule is CC(C)(C)OC(=O)c1ccc(COc2ccc(O)c(Cl)c2)cc1. The van der Waals surface area contributed by atoms with Crippen LogP contribution in [0, 0.1) is 0 Å². The molecule has 5 heteroatoms. The summed E-state index contributed by atoms with van der Waals surface area (Å²) in [4.78, 5) is 11.9. The van der Waals surface area contributed by atoms with E-state index in [9.17, 15) is 9.90 Å². The standard InChI is InChI=1S/C18H19ClO4/c1-18(2,3)23-17(21)13-6-4-12(5-7-13)11-22-14-8-9-16(20)15(19)10-14/h4-10,20H,11H2,1-3H3. The van der Waals surface area contributed by atoms with E-state index in [1.807, 2.05) is 20.8 Å². The fourth-order valence-corrected chi connectivity index (χ4v) is 1.99. The van der Waals surface area contributed by atoms with Gasteiger partial charge >= 0.3 is 5.97 Å². The normalized spacial score (nSPS) is 11.1. The summed E-state index contributed by atoms with van der Waals surface area (Å²) in [6.07, 6.45) is 0. The van der Waals surface area contributed by atoms with Gasteiger partial charge in [-0.05, 0) is 50.6 Å². The minimum absolute atomic E-state index is 0.0146. The van der Waals surface area contributed by atoms with Gasteiger partial charge in [0.25, 0.3) is 0 Å². The molecule has 0 atom stereocenters. The molecule has 4 nitrogen and oxygen atoms in total. The van der Waals surface area contributed by atoms with Crippen LogP contribution in [-0.2, 0) is 11.3 Å². The zero-order chi connectivity index (χ0) is 17.0. The van der Waals surface area contributed by atoms with Gasteiger partial charge in [0.2, 0.25) is 0 Å². The number of hydrogen-bond acceptors (Lipinski definition) is 4. The van der Waals surface area contributed by atoms with E-state index in [4.69, 9.17) is 21.1 Å². The van der Waals surface area contributed by atoms with Gasteiger partial charge < -0.3 is 14.6 Å². The largest absolute Gasteiger partial charge is 0.506 e. The molecular weight excluding hydrogens is 316 g/mol. The molecule has 0 aliphatic rings. The Morgan fingerprint density at radius 2 is 1.78 bits per heavy atom. The second-order valence-electron chi connectivity index (χ2n) is 6.10. The maximum atomic E-state index is 11.9. The number of hydrogen-bond donors (Lipinski definition) is 1. The lowest BCUT2D eigenvalue weighted by atomic mass is 10.1. The molecule has 1 N–H and O–H groups in total. The number of phenols is 1. The third-order valence-corrected chi connectivity index (χ3v) is 3.22. The Balaban J connectivity index is 1.97. The van der Waals surface area contributed by atoms with E-state index >= 15 is 0 Å². The van der Waals surface area contributed by atoms with Crippen molar-refractivity contribution in [3.8, 4) is 11.5 Å². The van der Waals surface area contributed by atoms with Crippen LogP contribution in [0.4, 0.5) is 0 Å². The molecule has 0 amide bonds. The van der Waals surface area contributed by atoms with Crippen molar-refractivity contribution in [3.05, 3.63) is 58.6 Å². The second kappa shape index (κ2) is 6.92. The van der Waals surface area contributed by atoms with Crippen LogP contribution < -0.4 is 4.74 Å². The summed E-state index contributed by atoms with van der Waals surface area (Å²) < 4.78 is 10.9. The molecule has 0 fully saturated rings. The highest BCUT2D eigenvalue weighted by molar-refractivity contribution is 6.32. The van der Waals surface area contributed by atoms with E-state index < -0.39 is 5.60 Å². The van der Waals surface area contributed by atoms with Crippen molar-refractivity contribution >= 4 is 17.6 Å². The topological polar surface area (TPSA) is 55.8 Å². The Labute approximate surface area is 140 Å². The molecule has 0 saturated heterocycles. The monoisotopic (exact) mass is 334 g/mol. The quantitative estimate of drug-likeness (QED) is 0.831. The Hall–Kier alpha value is -2.20. The lowest BCUT2D eigenvalue weighted by Crippen LogP contribution is -2.23. The van der Waals surface area contributed by atoms with E-state index in [2.05, 4.69) is 0 Å². The first-order valence-corrected chi connectivity index (χ1v) is 7.56. The van der Waals surface area contributed by atoms with Crippen LogP contribution in [0.1, 0.15) is 36.7 Å². The average molecular weight is 335 g/mol. The van der Waals surface area contributed by atoms with Crippen LogP contribution in [-0.4, -0.2) is 16.7 Å². The fraction of sp³-hybridized carbons (Fsp3) is 0.278. The van der Waals surface area contributed by atoms with Crippen LogP contribution in [0.15, 0.2) is 42.5 Å². The first kappa shape index (κ1) is 17.2. The zero-order valence-electron chi connectivity index (χ0n) is 13.3. The van der Waals surface area contributed by atoms with Crippen molar-refractivity contribution in [3.63, 3.8) is 0 Å². The van der Waals surface area contributed by atoms with E-state index in [0.29, 0.717) is 17.9 Å². The molecule has 122 valence electrons. The molecule has 0 spiro atoms. The summed E-state index contributed by atoms with van der Waals surface area (Å²) in [5.74, 6) is 0.222. The number of carbonyl (C=O) groups is 1. The number of halogens is 1. The smallest absolute Gasteiger partial charge is 0.338 e. The van der Waals surface area contributed by atoms with Gasteiger partial charge in [-0.25, -0.2) is 4.79 Å². The molecule has 0 bridgehead atoms. The van der Waals surface area contributed by atoms with Crippen molar-refractivity contribution < 1.29 is 19.4 Å². The number of benzene rings is 2. The number of ether oxygens (including phenoxy) is 2. The van der Waals surface area contributed by atoms with Gasteiger partial charge in [-0.1, -0.05) is 23.7 Å². The highest BCUT2D eigenvalue weighted by atomic mass is 35.5. The molecule has 2 rings (SSSR count). The Kier molecular flexibility index (Phi) is 5.16. The number of aromatic hydroxyl groups is 1. The third kappa shape index (κ3) is 5.18. The fourth-order valence-electron chi connectivity index (χ4n) is 1.82. The predicted octanol–water partition coefficient (Wildman–Crippen LogP) is 4.58. The summed E-state index contributed by atoms with van der Waals surface area (Å²) in [5, 5.41) is 9.60. The molecular formula is C18H19ClO4. The zero-order valence-corrected chi connectivity index (χ0v) is 14.1. The molecule has 0 saturated carbocycles. The third-order valence-electron chi connectivity index (χ3n) is 2.91. The number of rotatable bonds is 4. The molecule has 0 unspecified atom stereocenters. The van der Waals surface area contributed by atoms with E-state index in [-0.39, 0.29) is 16.7 Å². The Morgan fingerprint density at radius 3 is 2.35 bits per heavy atom. The summed E-state index contributed by atoms with van der Waals surface area (Å²) in [7, 11) is 0. The summed E-state index contributed by atoms with van der Waals surface area (Å²) in [6.45, 7) is 5.82. The van der Waals surface area contributed by atoms with Crippen molar-refractivity contribution in [2.45, 2.75) is 33.0 Å². The van der Waals surface area contributed by atoms with Crippen molar-refractivity contribution in [1.82, 2.24) is 0 Å². The maximum absolute atomic E-state index is 11.9. The van der Waals surface area contributed by atoms with Gasteiger partial charge in [0.15, 0.2) is 0 Å². The van der Waals surface area contributed by atoms with Gasteiger partial charge in [-0.3, -0.25) is 0 Å². The van der Waals surface area contributed by atoms with E-state index in [1.54, 1.807) is 36.4 Å². The Bertz CT molecular complexity index is 687. The lowest BCUT2D eigenvalue weighted by molar-refractivity contribution is 0.00695. The summed E-state index contributed by atoms with van der Waals surface area (Å²) in [6, 6.07) is 11.7. The molecule has 2 aromatic carbocycles. The van der Waals surface area contributed by atoms with Crippen LogP contribution >= 0.6 is 11.6 Å². The molecule has 2 aromatic rings. The minimum atomic E-state index is -0.517. The van der Waals surface area contributed by atoms with Crippen LogP contribution in [0.3, 0.4) is 0 Å². The van der Waals surface area contributed by atoms with Gasteiger partial charge in [0.05, 0.1) is 10.6 Å². The molecule has 0 aromatic heterocycles. The highest BCUT2D eigenvalue weighted by Crippen LogP contribution is 2.27. The first-order valence-electron chi connectivity index (χ1n) is 7.18.